The summed E-state index contributed by atoms with van der Waals surface area (Å²) in [4.78, 5) is 8.00. The number of nitrogen functional groups attached to an aromatic ring is 1. The Bertz CT molecular complexity index is 1100. The van der Waals surface area contributed by atoms with Gasteiger partial charge in [-0.1, -0.05) is 30.3 Å². The third kappa shape index (κ3) is 5.14. The maximum Gasteiger partial charge on any atom is 0.216 e. The summed E-state index contributed by atoms with van der Waals surface area (Å²) in [5, 5.41) is 9.08. The number of aromatic nitrogens is 2. The van der Waals surface area contributed by atoms with E-state index in [0.29, 0.717) is 22.4 Å². The molecule has 0 radical (unpaired) electrons. The summed E-state index contributed by atoms with van der Waals surface area (Å²) in [5.41, 5.74) is 7.79. The molecule has 0 aliphatic heterocycles. The number of hydrogen-bond donors (Lipinski definition) is 3. The number of aliphatic hydroxyl groups excluding tert-OH is 1. The number of nitrogens with zero attached hydrogens (tertiary/aromatic N) is 2. The Balaban J connectivity index is 1.94. The second-order valence-corrected chi connectivity index (χ2v) is 8.39. The normalized spacial score (nSPS) is 12.7. The van der Waals surface area contributed by atoms with Crippen molar-refractivity contribution in [3.05, 3.63) is 66.2 Å². The van der Waals surface area contributed by atoms with E-state index in [1.807, 2.05) is 0 Å². The SMILES string of the molecule is C[C@@H](CO)NS(=O)(=O)Cc1ccccc1-c1ccc(-c2cnc(N)cn2)c(F)c1. The average molecular weight is 416 g/mol. The van der Waals surface area contributed by atoms with Crippen LogP contribution in [-0.2, 0) is 15.8 Å². The van der Waals surface area contributed by atoms with Crippen molar-refractivity contribution >= 4 is 15.8 Å². The van der Waals surface area contributed by atoms with Crippen LogP contribution in [0.4, 0.5) is 10.2 Å². The third-order valence-corrected chi connectivity index (χ3v) is 5.70. The van der Waals surface area contributed by atoms with Crippen LogP contribution in [0.3, 0.4) is 0 Å². The molecule has 1 aromatic heterocycles. The van der Waals surface area contributed by atoms with Crippen LogP contribution < -0.4 is 10.5 Å². The fourth-order valence-corrected chi connectivity index (χ4v) is 4.32. The summed E-state index contributed by atoms with van der Waals surface area (Å²) in [5.74, 6) is -0.559. The summed E-state index contributed by atoms with van der Waals surface area (Å²) >= 11 is 0. The van der Waals surface area contributed by atoms with Crippen molar-refractivity contribution in [1.29, 1.82) is 0 Å². The van der Waals surface area contributed by atoms with E-state index in [1.165, 1.54) is 18.5 Å². The van der Waals surface area contributed by atoms with E-state index in [4.69, 9.17) is 10.8 Å². The summed E-state index contributed by atoms with van der Waals surface area (Å²) in [7, 11) is -3.68. The highest BCUT2D eigenvalue weighted by molar-refractivity contribution is 7.88. The predicted octanol–water partition coefficient (Wildman–Crippen LogP) is 2.33. The average Bonchev–Trinajstić information content (AvgIpc) is 2.68. The number of hydrogen-bond acceptors (Lipinski definition) is 6. The molecule has 2 aromatic carbocycles. The van der Waals surface area contributed by atoms with E-state index in [2.05, 4.69) is 14.7 Å². The number of sulfonamides is 1. The molecule has 0 unspecified atom stereocenters. The van der Waals surface area contributed by atoms with E-state index in [0.717, 1.165) is 0 Å². The first kappa shape index (κ1) is 20.8. The Morgan fingerprint density at radius 2 is 1.90 bits per heavy atom. The molecule has 0 spiro atoms. The molecule has 7 nitrogen and oxygen atoms in total. The zero-order valence-corrected chi connectivity index (χ0v) is 16.5. The van der Waals surface area contributed by atoms with Gasteiger partial charge in [0.05, 0.1) is 30.4 Å². The standard InChI is InChI=1S/C20H21FN4O3S/c1-13(11-26)25-29(27,28)12-15-4-2-3-5-16(15)14-6-7-17(18(21)8-14)19-9-24-20(22)10-23-19/h2-10,13,25-26H,11-12H2,1H3,(H2,22,24)/t13-/m0/s1. The number of nitrogens with two attached hydrogens (primary N) is 1. The maximum atomic E-state index is 14.8. The van der Waals surface area contributed by atoms with Crippen molar-refractivity contribution in [1.82, 2.24) is 14.7 Å². The number of rotatable bonds is 7. The van der Waals surface area contributed by atoms with Crippen LogP contribution in [0.1, 0.15) is 12.5 Å². The van der Waals surface area contributed by atoms with E-state index < -0.39 is 21.9 Å². The van der Waals surface area contributed by atoms with Crippen molar-refractivity contribution in [3.63, 3.8) is 0 Å². The molecule has 0 saturated carbocycles. The predicted molar refractivity (Wildman–Crippen MR) is 110 cm³/mol. The lowest BCUT2D eigenvalue weighted by atomic mass is 9.98. The van der Waals surface area contributed by atoms with E-state index >= 15 is 0 Å². The van der Waals surface area contributed by atoms with Crippen LogP contribution in [0.5, 0.6) is 0 Å². The van der Waals surface area contributed by atoms with Crippen LogP contribution in [0.2, 0.25) is 0 Å². The number of nitrogens with one attached hydrogen (secondary N) is 1. The molecule has 0 amide bonds. The highest BCUT2D eigenvalue weighted by atomic mass is 32.2. The first-order valence-corrected chi connectivity index (χ1v) is 10.5. The Kier molecular flexibility index (Phi) is 6.21. The monoisotopic (exact) mass is 416 g/mol. The Hall–Kier alpha value is -2.88. The lowest BCUT2D eigenvalue weighted by molar-refractivity contribution is 0.265. The number of anilines is 1. The first-order chi connectivity index (χ1) is 13.8. The Labute approximate surface area is 168 Å². The zero-order chi connectivity index (χ0) is 21.0. The highest BCUT2D eigenvalue weighted by Gasteiger charge is 2.18. The van der Waals surface area contributed by atoms with Gasteiger partial charge in [0.1, 0.15) is 11.6 Å². The van der Waals surface area contributed by atoms with Crippen LogP contribution >= 0.6 is 0 Å². The Morgan fingerprint density at radius 1 is 1.14 bits per heavy atom. The summed E-state index contributed by atoms with van der Waals surface area (Å²) in [6, 6.07) is 10.9. The minimum atomic E-state index is -3.68. The Morgan fingerprint density at radius 3 is 2.55 bits per heavy atom. The molecule has 4 N–H and O–H groups in total. The van der Waals surface area contributed by atoms with Gasteiger partial charge in [0, 0.05) is 11.6 Å². The molecule has 9 heteroatoms. The smallest absolute Gasteiger partial charge is 0.216 e. The molecule has 0 aliphatic rings. The molecule has 0 bridgehead atoms. The van der Waals surface area contributed by atoms with E-state index in [9.17, 15) is 12.8 Å². The summed E-state index contributed by atoms with van der Waals surface area (Å²) in [6.45, 7) is 1.26. The van der Waals surface area contributed by atoms with Crippen LogP contribution in [-0.4, -0.2) is 36.1 Å². The quantitative estimate of drug-likeness (QED) is 0.544. The molecular weight excluding hydrogens is 395 g/mol. The molecule has 3 rings (SSSR count). The highest BCUT2D eigenvalue weighted by Crippen LogP contribution is 2.29. The maximum absolute atomic E-state index is 14.8. The van der Waals surface area contributed by atoms with Gasteiger partial charge >= 0.3 is 0 Å². The fourth-order valence-electron chi connectivity index (χ4n) is 2.89. The third-order valence-electron chi connectivity index (χ3n) is 4.25. The van der Waals surface area contributed by atoms with Gasteiger partial charge in [-0.15, -0.1) is 0 Å². The minimum Gasteiger partial charge on any atom is -0.395 e. The summed E-state index contributed by atoms with van der Waals surface area (Å²) < 4.78 is 41.9. The number of halogens is 1. The van der Waals surface area contributed by atoms with Crippen molar-refractivity contribution in [2.45, 2.75) is 18.7 Å². The van der Waals surface area contributed by atoms with Crippen molar-refractivity contribution in [2.75, 3.05) is 12.3 Å². The topological polar surface area (TPSA) is 118 Å². The van der Waals surface area contributed by atoms with Crippen molar-refractivity contribution in [2.24, 2.45) is 0 Å². The van der Waals surface area contributed by atoms with Crippen LogP contribution in [0, 0.1) is 5.82 Å². The van der Waals surface area contributed by atoms with Gasteiger partial charge in [0.2, 0.25) is 10.0 Å². The lowest BCUT2D eigenvalue weighted by Gasteiger charge is -2.14. The van der Waals surface area contributed by atoms with Gasteiger partial charge in [-0.3, -0.25) is 4.98 Å². The first-order valence-electron chi connectivity index (χ1n) is 8.85. The van der Waals surface area contributed by atoms with Gasteiger partial charge < -0.3 is 10.8 Å². The minimum absolute atomic E-state index is 0.241. The molecular formula is C20H21FN4O3S. The van der Waals surface area contributed by atoms with E-state index in [-0.39, 0.29) is 23.7 Å². The lowest BCUT2D eigenvalue weighted by Crippen LogP contribution is -2.35. The van der Waals surface area contributed by atoms with Gasteiger partial charge in [-0.2, -0.15) is 0 Å². The number of benzene rings is 2. The van der Waals surface area contributed by atoms with Gasteiger partial charge in [0.25, 0.3) is 0 Å². The molecule has 0 aliphatic carbocycles. The van der Waals surface area contributed by atoms with Crippen LogP contribution in [0.25, 0.3) is 22.4 Å². The molecule has 29 heavy (non-hydrogen) atoms. The second-order valence-electron chi connectivity index (χ2n) is 6.64. The largest absolute Gasteiger partial charge is 0.395 e. The van der Waals surface area contributed by atoms with Crippen LogP contribution in [0.15, 0.2) is 54.9 Å². The van der Waals surface area contributed by atoms with Crippen molar-refractivity contribution < 1.29 is 17.9 Å². The zero-order valence-electron chi connectivity index (χ0n) is 15.7. The molecule has 0 fully saturated rings. The summed E-state index contributed by atoms with van der Waals surface area (Å²) in [6.07, 6.45) is 2.74. The van der Waals surface area contributed by atoms with Gasteiger partial charge in [-0.25, -0.2) is 22.5 Å². The molecule has 1 atom stereocenters. The second kappa shape index (κ2) is 8.64. The van der Waals surface area contributed by atoms with Gasteiger partial charge in [-0.05, 0) is 35.7 Å². The molecule has 0 saturated heterocycles. The molecule has 152 valence electrons. The van der Waals surface area contributed by atoms with E-state index in [1.54, 1.807) is 43.3 Å². The molecule has 3 aromatic rings. The fraction of sp³-hybridized carbons (Fsp3) is 0.200. The number of aliphatic hydroxyl groups is 1. The molecule has 1 heterocycles. The van der Waals surface area contributed by atoms with Crippen molar-refractivity contribution in [3.8, 4) is 22.4 Å². The van der Waals surface area contributed by atoms with Gasteiger partial charge in [0.15, 0.2) is 0 Å².